The van der Waals surface area contributed by atoms with E-state index in [1.165, 1.54) is 108 Å². The Balaban J connectivity index is 0.000000313. The lowest BCUT2D eigenvalue weighted by Gasteiger charge is -2.37. The summed E-state index contributed by atoms with van der Waals surface area (Å²) in [6.07, 6.45) is 32.5. The summed E-state index contributed by atoms with van der Waals surface area (Å²) in [5.41, 5.74) is 2.54. The summed E-state index contributed by atoms with van der Waals surface area (Å²) in [6, 6.07) is 4.64. The van der Waals surface area contributed by atoms with Gasteiger partial charge < -0.3 is 58.8 Å². The van der Waals surface area contributed by atoms with Crippen LogP contribution in [0.3, 0.4) is 0 Å². The number of hydrogen-bond acceptors (Lipinski definition) is 25. The highest BCUT2D eigenvalue weighted by Gasteiger charge is 2.42. The number of nitriles is 1. The average Bonchev–Trinajstić information content (AvgIpc) is 1.63. The van der Waals surface area contributed by atoms with Gasteiger partial charge in [-0.05, 0) is 98.1 Å². The topological polar surface area (TPSA) is 295 Å². The largest absolute Gasteiger partial charge is 0.476 e. The van der Waals surface area contributed by atoms with E-state index in [-0.39, 0.29) is 73.0 Å². The normalized spacial score (nSPS) is 20.2. The van der Waals surface area contributed by atoms with E-state index in [0.29, 0.717) is 115 Å². The molecule has 632 valence electrons. The van der Waals surface area contributed by atoms with Crippen LogP contribution < -0.4 is 30.7 Å². The van der Waals surface area contributed by atoms with E-state index < -0.39 is 37.0 Å². The van der Waals surface area contributed by atoms with E-state index in [0.717, 1.165) is 96.1 Å². The first-order valence-electron chi connectivity index (χ1n) is 42.5. The smallest absolute Gasteiger partial charge is 0.306 e. The number of hydrogen-bond donors (Lipinski definition) is 4. The molecule has 4 aromatic rings. The van der Waals surface area contributed by atoms with Crippen molar-refractivity contribution >= 4 is 126 Å². The van der Waals surface area contributed by atoms with Gasteiger partial charge in [-0.2, -0.15) is 25.2 Å². The summed E-state index contributed by atoms with van der Waals surface area (Å²) in [5.74, 6) is 4.40. The maximum Gasteiger partial charge on any atom is 0.306 e. The van der Waals surface area contributed by atoms with E-state index in [1.54, 1.807) is 12.7 Å². The van der Waals surface area contributed by atoms with Crippen molar-refractivity contribution < 1.29 is 51.9 Å². The first kappa shape index (κ1) is 95.1. The number of amides is 2. The van der Waals surface area contributed by atoms with Gasteiger partial charge in [0.25, 0.3) is 8.53 Å². The van der Waals surface area contributed by atoms with Crippen LogP contribution in [0.1, 0.15) is 260 Å². The minimum Gasteiger partial charge on any atom is -0.476 e. The fraction of sp³-hybridized carbons (Fsp3) is 0.812. The van der Waals surface area contributed by atoms with Crippen LogP contribution in [0.25, 0.3) is 22.3 Å². The fourth-order valence-electron chi connectivity index (χ4n) is 13.8. The van der Waals surface area contributed by atoms with E-state index in [2.05, 4.69) is 111 Å². The number of nitrogens with zero attached hydrogens (tertiary/aromatic N) is 10. The molecule has 0 aliphatic carbocycles. The number of imidazole rings is 2. The van der Waals surface area contributed by atoms with Gasteiger partial charge in [-0.1, -0.05) is 199 Å². The standard InChI is InChI=1S/C42H75N8O5PS2Si.C38H64N6O6S2Si/c1-9-35-36(55-56(53-25-20-22-43)50(32(2)3)33(4)5)30-38(54-35)49-31-46-39-40(49)47-42(48-41(39)52-26-28-59(6,7)8)45-24-19-17-15-13-11-10-12-14-16-18-23-44-37(51)29-34-21-27-57-58-34;1-6-30-31(50-34(47)18-17-28(2)45)26-33(49-30)44-27-41-35-36(44)42-38(43-37(35)48-22-24-53(3,4)5)40-21-16-14-12-10-8-7-9-11-13-15-20-39-32(46)25-29-19-23-51-52-29/h31-36,38H,9-21,23-30H2,1-8H3,(H,44,51)(H,45,47,48);27,29-31,33H,6-26H2,1-5H3,(H,39,46)(H,40,42,43)/t34?,35-,36-,38-,56?;29?,30-,31-,33-/m11/s1. The average molecular weight is 1690 g/mol. The molecule has 0 spiro atoms. The van der Waals surface area contributed by atoms with Crippen LogP contribution in [0.4, 0.5) is 11.9 Å². The minimum atomic E-state index is -1.41. The van der Waals surface area contributed by atoms with Crippen molar-refractivity contribution in [3.05, 3.63) is 12.7 Å². The third-order valence-electron chi connectivity index (χ3n) is 20.3. The Morgan fingerprint density at radius 2 is 1.00 bits per heavy atom. The number of ketones is 1. The third-order valence-corrected chi connectivity index (χ3v) is 31.7. The molecular weight excluding hydrogens is 1550 g/mol. The van der Waals surface area contributed by atoms with Crippen LogP contribution in [-0.2, 0) is 42.4 Å². The zero-order valence-corrected chi connectivity index (χ0v) is 76.3. The first-order valence-corrected chi connectivity index (χ1v) is 55.8. The predicted molar refractivity (Wildman–Crippen MR) is 467 cm³/mol. The number of carbonyl (C=O) groups is 4. The summed E-state index contributed by atoms with van der Waals surface area (Å²) in [4.78, 5) is 76.8. The monoisotopic (exact) mass is 1690 g/mol. The van der Waals surface area contributed by atoms with E-state index in [4.69, 9.17) is 57.7 Å². The number of rotatable bonds is 56. The first-order chi connectivity index (χ1) is 53.9. The molecule has 4 saturated heterocycles. The number of nitrogens with one attached hydrogen (secondary N) is 4. The van der Waals surface area contributed by atoms with Crippen molar-refractivity contribution in [2.75, 3.05) is 68.1 Å². The van der Waals surface area contributed by atoms with Crippen molar-refractivity contribution in [1.29, 1.82) is 5.26 Å². The fourth-order valence-corrected chi connectivity index (χ4v) is 22.8. The second kappa shape index (κ2) is 52.0. The Morgan fingerprint density at radius 3 is 1.38 bits per heavy atom. The van der Waals surface area contributed by atoms with Crippen LogP contribution in [0.5, 0.6) is 11.8 Å². The molecule has 0 radical (unpaired) electrons. The second-order valence-electron chi connectivity index (χ2n) is 33.3. The molecule has 8 rings (SSSR count). The molecule has 4 N–H and O–H groups in total. The maximum atomic E-state index is 12.4. The number of carbonyl (C=O) groups excluding carboxylic acids is 4. The lowest BCUT2D eigenvalue weighted by molar-refractivity contribution is -0.152. The van der Waals surface area contributed by atoms with Gasteiger partial charge in [0.2, 0.25) is 35.5 Å². The van der Waals surface area contributed by atoms with Crippen LogP contribution in [-0.4, -0.2) is 188 Å². The molecule has 25 nitrogen and oxygen atoms in total. The Kier molecular flexibility index (Phi) is 44.1. The van der Waals surface area contributed by atoms with Crippen molar-refractivity contribution in [2.45, 2.75) is 358 Å². The van der Waals surface area contributed by atoms with Gasteiger partial charge in [0.05, 0.1) is 69.7 Å². The highest BCUT2D eigenvalue weighted by Crippen LogP contribution is 2.51. The lowest BCUT2D eigenvalue weighted by atomic mass is 10.1. The Bertz CT molecular complexity index is 3420. The number of Topliss-reactive ketones (excluding diaryl/α,β-unsaturated/α-hetero) is 1. The molecule has 4 aliphatic heterocycles. The lowest BCUT2D eigenvalue weighted by Crippen LogP contribution is -2.35. The second-order valence-corrected chi connectivity index (χ2v) is 51.6. The molecule has 4 aromatic heterocycles. The molecule has 112 heavy (non-hydrogen) atoms. The summed E-state index contributed by atoms with van der Waals surface area (Å²) in [6.45, 7) is 32.9. The number of anilines is 2. The number of fused-ring (bicyclic) bond motifs is 2. The zero-order valence-electron chi connectivity index (χ0n) is 70.2. The molecule has 8 heterocycles. The van der Waals surface area contributed by atoms with Crippen LogP contribution in [0.2, 0.25) is 51.4 Å². The molecule has 2 amide bonds. The Morgan fingerprint density at radius 1 is 0.589 bits per heavy atom. The maximum absolute atomic E-state index is 12.4. The molecule has 3 unspecified atom stereocenters. The Labute approximate surface area is 689 Å². The van der Waals surface area contributed by atoms with Crippen molar-refractivity contribution in [3.8, 4) is 17.8 Å². The zero-order chi connectivity index (χ0) is 80.7. The summed E-state index contributed by atoms with van der Waals surface area (Å²) in [7, 11) is 3.47. The van der Waals surface area contributed by atoms with Gasteiger partial charge in [-0.3, -0.25) is 23.5 Å². The number of unbranched alkanes of at least 4 members (excludes halogenated alkanes) is 18. The van der Waals surface area contributed by atoms with Gasteiger partial charge in [-0.25, -0.2) is 14.6 Å². The van der Waals surface area contributed by atoms with Crippen LogP contribution >= 0.6 is 51.7 Å². The van der Waals surface area contributed by atoms with Crippen molar-refractivity contribution in [3.63, 3.8) is 0 Å². The SMILES string of the molecule is CC[C@H]1O[C@@H](n2cnc3c(OCC[Si](C)(C)C)nc(NCCCCCCCCCCCCNC(=O)CC4CCSS4)nc32)C[C@H]1OC(=O)CCC(C)=O.CC[C@H]1O[C@@H](n2cnc3c(OCC[Si](C)(C)C)nc(NCCCCCCCCCCCCNC(=O)CC4CCSS4)nc32)C[C@H]1OP(OCCC#N)N(C(C)C)C(C)C. The van der Waals surface area contributed by atoms with E-state index >= 15 is 0 Å². The number of ether oxygens (including phenoxy) is 5. The van der Waals surface area contributed by atoms with Crippen LogP contribution in [0, 0.1) is 11.3 Å². The van der Waals surface area contributed by atoms with Crippen LogP contribution in [0.15, 0.2) is 12.7 Å². The number of esters is 1. The predicted octanol–water partition coefficient (Wildman–Crippen LogP) is 19.4. The van der Waals surface area contributed by atoms with Crippen molar-refractivity contribution in [2.24, 2.45) is 0 Å². The van der Waals surface area contributed by atoms with Gasteiger partial charge in [0.1, 0.15) is 24.3 Å². The van der Waals surface area contributed by atoms with Gasteiger partial charge >= 0.3 is 5.97 Å². The van der Waals surface area contributed by atoms with Gasteiger partial charge in [-0.15, -0.1) is 0 Å². The molecule has 9 atom stereocenters. The third kappa shape index (κ3) is 35.2. The quantitative estimate of drug-likeness (QED) is 0.0105. The highest BCUT2D eigenvalue weighted by molar-refractivity contribution is 8.77. The molecule has 4 fully saturated rings. The summed E-state index contributed by atoms with van der Waals surface area (Å²) < 4.78 is 50.6. The number of aromatic nitrogens is 8. The highest BCUT2D eigenvalue weighted by atomic mass is 33.1. The minimum absolute atomic E-state index is 0.0348. The Hall–Kier alpha value is -4.07. The molecule has 0 bridgehead atoms. The molecule has 32 heteroatoms. The summed E-state index contributed by atoms with van der Waals surface area (Å²) >= 11 is 0. The van der Waals surface area contributed by atoms with Gasteiger partial charge in [0.15, 0.2) is 22.3 Å². The van der Waals surface area contributed by atoms with E-state index in [1.807, 2.05) is 59.2 Å². The van der Waals surface area contributed by atoms with Crippen molar-refractivity contribution in [1.82, 2.24) is 54.3 Å². The molecule has 0 aromatic carbocycles. The molecule has 4 aliphatic rings. The van der Waals surface area contributed by atoms with E-state index in [9.17, 15) is 24.4 Å². The molecular formula is C80H139N14O11PS4Si2. The summed E-state index contributed by atoms with van der Waals surface area (Å²) in [5, 5.41) is 23.3. The molecule has 0 saturated carbocycles. The van der Waals surface area contributed by atoms with Gasteiger partial charge in [0, 0.05) is 109 Å².